The van der Waals surface area contributed by atoms with Gasteiger partial charge in [0.15, 0.2) is 0 Å². The summed E-state index contributed by atoms with van der Waals surface area (Å²) in [5.41, 5.74) is 0. The third-order valence-corrected chi connectivity index (χ3v) is 8.54. The fourth-order valence-electron chi connectivity index (χ4n) is 6.35. The number of rotatable bonds is 1. The number of hydrogen-bond acceptors (Lipinski definition) is 0. The van der Waals surface area contributed by atoms with Gasteiger partial charge in [-0.1, -0.05) is 171 Å². The number of hydrogen-bond donors (Lipinski definition) is 0. The van der Waals surface area contributed by atoms with E-state index in [0.29, 0.717) is 0 Å². The van der Waals surface area contributed by atoms with Crippen LogP contribution in [0, 0.1) is 35.5 Å². The van der Waals surface area contributed by atoms with Gasteiger partial charge < -0.3 is 0 Å². The Labute approximate surface area is 206 Å². The van der Waals surface area contributed by atoms with Crippen LogP contribution in [0.1, 0.15) is 171 Å². The maximum Gasteiger partial charge on any atom is -0.0386 e. The van der Waals surface area contributed by atoms with Crippen LogP contribution >= 0.6 is 0 Å². The lowest BCUT2D eigenvalue weighted by Crippen LogP contribution is -2.19. The molecule has 0 heterocycles. The second-order valence-electron chi connectivity index (χ2n) is 11.5. The molecule has 32 heavy (non-hydrogen) atoms. The minimum absolute atomic E-state index is 1.00. The molecule has 0 spiro atoms. The van der Waals surface area contributed by atoms with E-state index in [1.807, 2.05) is 27.7 Å². The molecule has 0 atom stereocenters. The molecular weight excluding hydrogens is 384 g/mol. The maximum absolute atomic E-state index is 2.46. The summed E-state index contributed by atoms with van der Waals surface area (Å²) in [7, 11) is 0. The third kappa shape index (κ3) is 15.8. The molecule has 0 unspecified atom stereocenters. The lowest BCUT2D eigenvalue weighted by atomic mass is 9.74. The van der Waals surface area contributed by atoms with Gasteiger partial charge in [0.25, 0.3) is 0 Å². The molecule has 3 aliphatic rings. The zero-order valence-electron chi connectivity index (χ0n) is 24.2. The Morgan fingerprint density at radius 3 is 0.625 bits per heavy atom. The molecular formula is C32H66. The lowest BCUT2D eigenvalue weighted by molar-refractivity contribution is 0.201. The summed E-state index contributed by atoms with van der Waals surface area (Å²) in [6, 6.07) is 0. The van der Waals surface area contributed by atoms with Gasteiger partial charge in [0.2, 0.25) is 0 Å². The topological polar surface area (TPSA) is 0 Å². The van der Waals surface area contributed by atoms with E-state index in [-0.39, 0.29) is 0 Å². The van der Waals surface area contributed by atoms with E-state index in [9.17, 15) is 0 Å². The van der Waals surface area contributed by atoms with Gasteiger partial charge in [-0.25, -0.2) is 0 Å². The molecule has 0 heteroatoms. The summed E-state index contributed by atoms with van der Waals surface area (Å²) in [4.78, 5) is 0. The monoisotopic (exact) mass is 451 g/mol. The molecule has 0 radical (unpaired) electrons. The molecule has 3 rings (SSSR count). The highest BCUT2D eigenvalue weighted by Gasteiger charge is 2.24. The summed E-state index contributed by atoms with van der Waals surface area (Å²) in [6.07, 6.45) is 27.1. The Morgan fingerprint density at radius 1 is 0.281 bits per heavy atom. The summed E-state index contributed by atoms with van der Waals surface area (Å²) in [5, 5.41) is 0. The van der Waals surface area contributed by atoms with Crippen molar-refractivity contribution in [2.24, 2.45) is 35.5 Å². The zero-order chi connectivity index (χ0) is 24.2. The van der Waals surface area contributed by atoms with Gasteiger partial charge >= 0.3 is 0 Å². The van der Waals surface area contributed by atoms with E-state index in [4.69, 9.17) is 0 Å². The highest BCUT2D eigenvalue weighted by molar-refractivity contribution is 4.76. The standard InChI is InChI=1S/C18H34.C10H20.2C2H6/c1-15-7-3-11-17(12-4-8-15)18-13-5-9-16(2)10-6-14-18;1-9-5-3-7-10(2)8-4-6-9;2*1-2/h15-18H,3-14H2,1-2H3;9-10H,3-8H2,1-2H3;2*1-2H3. The van der Waals surface area contributed by atoms with Crippen molar-refractivity contribution in [3.8, 4) is 0 Å². The smallest absolute Gasteiger partial charge is 0.0386 e. The van der Waals surface area contributed by atoms with Crippen molar-refractivity contribution in [2.45, 2.75) is 171 Å². The summed E-state index contributed by atoms with van der Waals surface area (Å²) in [5.74, 6) is 6.20. The minimum Gasteiger partial charge on any atom is -0.0683 e. The quantitative estimate of drug-likeness (QED) is 0.372. The Bertz CT molecular complexity index is 308. The third-order valence-electron chi connectivity index (χ3n) is 8.54. The summed E-state index contributed by atoms with van der Waals surface area (Å²) >= 11 is 0. The molecule has 3 saturated carbocycles. The molecule has 3 aliphatic carbocycles. The molecule has 0 aliphatic heterocycles. The van der Waals surface area contributed by atoms with Crippen LogP contribution in [-0.4, -0.2) is 0 Å². The van der Waals surface area contributed by atoms with Crippen molar-refractivity contribution in [1.29, 1.82) is 0 Å². The van der Waals surface area contributed by atoms with Gasteiger partial charge in [-0.2, -0.15) is 0 Å². The first-order chi connectivity index (χ1) is 15.5. The van der Waals surface area contributed by atoms with E-state index in [1.54, 1.807) is 25.7 Å². The van der Waals surface area contributed by atoms with Crippen molar-refractivity contribution in [2.75, 3.05) is 0 Å². The van der Waals surface area contributed by atoms with Gasteiger partial charge in [-0.05, 0) is 35.5 Å². The average Bonchev–Trinajstić information content (AvgIpc) is 2.75. The van der Waals surface area contributed by atoms with E-state index >= 15 is 0 Å². The molecule has 0 bridgehead atoms. The van der Waals surface area contributed by atoms with Gasteiger partial charge in [0.1, 0.15) is 0 Å². The van der Waals surface area contributed by atoms with Crippen molar-refractivity contribution >= 4 is 0 Å². The summed E-state index contributed by atoms with van der Waals surface area (Å²) < 4.78 is 0. The SMILES string of the molecule is CC.CC.CC1CCCC(C)CCC1.CC1CCCC(C2CCCC(C)CCC2)CCC1. The van der Waals surface area contributed by atoms with Crippen LogP contribution in [0.4, 0.5) is 0 Å². The molecule has 0 aromatic rings. The largest absolute Gasteiger partial charge is 0.0683 e. The van der Waals surface area contributed by atoms with Crippen LogP contribution < -0.4 is 0 Å². The Hall–Kier alpha value is 0. The van der Waals surface area contributed by atoms with Gasteiger partial charge in [0, 0.05) is 0 Å². The first kappa shape index (κ1) is 32.0. The van der Waals surface area contributed by atoms with Crippen LogP contribution in [0.15, 0.2) is 0 Å². The van der Waals surface area contributed by atoms with Crippen LogP contribution in [0.5, 0.6) is 0 Å². The summed E-state index contributed by atoms with van der Waals surface area (Å²) in [6.45, 7) is 17.7. The zero-order valence-corrected chi connectivity index (χ0v) is 24.2. The fraction of sp³-hybridized carbons (Fsp3) is 1.00. The van der Waals surface area contributed by atoms with Crippen LogP contribution in [0.25, 0.3) is 0 Å². The van der Waals surface area contributed by atoms with Crippen molar-refractivity contribution < 1.29 is 0 Å². The molecule has 194 valence electrons. The first-order valence-corrected chi connectivity index (χ1v) is 15.5. The van der Waals surface area contributed by atoms with Crippen LogP contribution in [0.2, 0.25) is 0 Å². The van der Waals surface area contributed by atoms with E-state index in [1.165, 1.54) is 89.9 Å². The molecule has 0 aromatic carbocycles. The normalized spacial score (nSPS) is 34.5. The van der Waals surface area contributed by atoms with Crippen LogP contribution in [-0.2, 0) is 0 Å². The van der Waals surface area contributed by atoms with E-state index in [0.717, 1.165) is 35.5 Å². The van der Waals surface area contributed by atoms with Crippen LogP contribution in [0.3, 0.4) is 0 Å². The predicted octanol–water partition coefficient (Wildman–Crippen LogP) is 11.9. The second-order valence-corrected chi connectivity index (χ2v) is 11.5. The minimum atomic E-state index is 1.00. The highest BCUT2D eigenvalue weighted by atomic mass is 14.3. The first-order valence-electron chi connectivity index (χ1n) is 15.5. The van der Waals surface area contributed by atoms with Gasteiger partial charge in [-0.15, -0.1) is 0 Å². The van der Waals surface area contributed by atoms with Gasteiger partial charge in [-0.3, -0.25) is 0 Å². The Morgan fingerprint density at radius 2 is 0.438 bits per heavy atom. The maximum atomic E-state index is 2.46. The lowest BCUT2D eigenvalue weighted by Gasteiger charge is -2.32. The van der Waals surface area contributed by atoms with Gasteiger partial charge in [0.05, 0.1) is 0 Å². The molecule has 0 aromatic heterocycles. The van der Waals surface area contributed by atoms with Crippen molar-refractivity contribution in [1.82, 2.24) is 0 Å². The Balaban J connectivity index is 0.000000582. The highest BCUT2D eigenvalue weighted by Crippen LogP contribution is 2.37. The Kier molecular flexibility index (Phi) is 21.5. The molecule has 3 fully saturated rings. The van der Waals surface area contributed by atoms with Crippen molar-refractivity contribution in [3.63, 3.8) is 0 Å². The second kappa shape index (κ2) is 21.5. The molecule has 0 saturated heterocycles. The molecule has 0 amide bonds. The fourth-order valence-corrected chi connectivity index (χ4v) is 6.35. The predicted molar refractivity (Wildman–Crippen MR) is 149 cm³/mol. The molecule has 0 N–H and O–H groups in total. The van der Waals surface area contributed by atoms with E-state index < -0.39 is 0 Å². The van der Waals surface area contributed by atoms with E-state index in [2.05, 4.69) is 27.7 Å². The van der Waals surface area contributed by atoms with Crippen molar-refractivity contribution in [3.05, 3.63) is 0 Å². The molecule has 0 nitrogen and oxygen atoms in total. The average molecular weight is 451 g/mol.